The normalized spacial score (nSPS) is 8.08. The predicted molar refractivity (Wildman–Crippen MR) is 51.0 cm³/mol. The van der Waals surface area contributed by atoms with Crippen molar-refractivity contribution in [1.29, 1.82) is 0 Å². The zero-order valence-corrected chi connectivity index (χ0v) is 6.20. The molecule has 4 heteroatoms. The van der Waals surface area contributed by atoms with Crippen molar-refractivity contribution in [2.24, 2.45) is 0 Å². The summed E-state index contributed by atoms with van der Waals surface area (Å²) in [5.74, 6) is 0. The summed E-state index contributed by atoms with van der Waals surface area (Å²) in [7, 11) is 1.33. The molecule has 12 heavy (non-hydrogen) atoms. The number of para-hydroxylation sites is 1. The summed E-state index contributed by atoms with van der Waals surface area (Å²) >= 11 is 0. The average molecular weight is 291 g/mol. The van der Waals surface area contributed by atoms with Crippen LogP contribution in [0, 0.1) is 0 Å². The van der Waals surface area contributed by atoms with E-state index in [2.05, 4.69) is 10.1 Å². The molecule has 0 spiro atoms. The molecule has 0 unspecified atom stereocenters. The second-order valence-electron chi connectivity index (χ2n) is 1.98. The number of nitrogens with one attached hydrogen (secondary N) is 1. The molecule has 1 rings (SSSR count). The molecular formula is C8H11BaNO2. The third kappa shape index (κ3) is 4.18. The molecular weight excluding hydrogens is 279 g/mol. The summed E-state index contributed by atoms with van der Waals surface area (Å²) in [5.41, 5.74) is 0.736. The fourth-order valence-corrected chi connectivity index (χ4v) is 0.690. The van der Waals surface area contributed by atoms with Gasteiger partial charge in [-0.3, -0.25) is 5.32 Å². The van der Waals surface area contributed by atoms with E-state index in [1.165, 1.54) is 7.11 Å². The number of benzene rings is 1. The quantitative estimate of drug-likeness (QED) is 0.782. The Bertz CT molecular complexity index is 238. The van der Waals surface area contributed by atoms with Crippen LogP contribution in [0.3, 0.4) is 0 Å². The Hall–Kier alpha value is 0.0614. The van der Waals surface area contributed by atoms with Crippen LogP contribution >= 0.6 is 0 Å². The molecule has 0 aliphatic heterocycles. The van der Waals surface area contributed by atoms with Gasteiger partial charge >= 0.3 is 55.0 Å². The van der Waals surface area contributed by atoms with Crippen LogP contribution in [0.5, 0.6) is 0 Å². The molecule has 1 amide bonds. The number of hydrogen-bond acceptors (Lipinski definition) is 2. The van der Waals surface area contributed by atoms with Gasteiger partial charge in [0.25, 0.3) is 0 Å². The van der Waals surface area contributed by atoms with Crippen molar-refractivity contribution >= 4 is 60.7 Å². The topological polar surface area (TPSA) is 38.3 Å². The molecule has 1 aromatic rings. The molecule has 0 aromatic heterocycles. The van der Waals surface area contributed by atoms with Crippen molar-refractivity contribution in [2.45, 2.75) is 0 Å². The molecule has 0 radical (unpaired) electrons. The summed E-state index contributed by atoms with van der Waals surface area (Å²) in [4.78, 5) is 10.6. The first kappa shape index (κ1) is 12.1. The molecule has 1 N–H and O–H groups in total. The molecule has 0 bridgehead atoms. The second-order valence-corrected chi connectivity index (χ2v) is 1.98. The second kappa shape index (κ2) is 6.56. The van der Waals surface area contributed by atoms with Crippen LogP contribution in [-0.4, -0.2) is 62.1 Å². The zero-order chi connectivity index (χ0) is 8.10. The standard InChI is InChI=1S/C8H9NO2.Ba.2H/c1-11-8(10)9-7-5-3-2-4-6-7;;;/h2-6H,1H3,(H,9,10);;;. The van der Waals surface area contributed by atoms with E-state index in [1.54, 1.807) is 12.1 Å². The van der Waals surface area contributed by atoms with Gasteiger partial charge in [0, 0.05) is 5.69 Å². The van der Waals surface area contributed by atoms with Crippen molar-refractivity contribution in [3.63, 3.8) is 0 Å². The fourth-order valence-electron chi connectivity index (χ4n) is 0.690. The summed E-state index contributed by atoms with van der Waals surface area (Å²) in [6, 6.07) is 9.13. The Morgan fingerprint density at radius 2 is 1.92 bits per heavy atom. The SMILES string of the molecule is COC(=O)Nc1ccccc1.[BaH2]. The van der Waals surface area contributed by atoms with E-state index >= 15 is 0 Å². The van der Waals surface area contributed by atoms with E-state index in [1.807, 2.05) is 18.2 Å². The molecule has 3 nitrogen and oxygen atoms in total. The van der Waals surface area contributed by atoms with Crippen molar-refractivity contribution < 1.29 is 9.53 Å². The number of amides is 1. The fraction of sp³-hybridized carbons (Fsp3) is 0.125. The first-order valence-electron chi connectivity index (χ1n) is 3.23. The van der Waals surface area contributed by atoms with Crippen molar-refractivity contribution in [2.75, 3.05) is 12.4 Å². The van der Waals surface area contributed by atoms with Gasteiger partial charge in [0.05, 0.1) is 7.11 Å². The number of anilines is 1. The van der Waals surface area contributed by atoms with Gasteiger partial charge in [-0.15, -0.1) is 0 Å². The minimum atomic E-state index is -0.448. The number of methoxy groups -OCH3 is 1. The van der Waals surface area contributed by atoms with Crippen molar-refractivity contribution in [1.82, 2.24) is 0 Å². The van der Waals surface area contributed by atoms with Gasteiger partial charge in [-0.2, -0.15) is 0 Å². The Balaban J connectivity index is 0.00000121. The molecule has 0 fully saturated rings. The van der Waals surface area contributed by atoms with Gasteiger partial charge in [-0.25, -0.2) is 4.79 Å². The molecule has 1 aromatic carbocycles. The predicted octanol–water partition coefficient (Wildman–Crippen LogP) is 0.949. The monoisotopic (exact) mass is 291 g/mol. The van der Waals surface area contributed by atoms with Gasteiger partial charge in [-0.1, -0.05) is 18.2 Å². The van der Waals surface area contributed by atoms with Gasteiger partial charge in [0.1, 0.15) is 0 Å². The van der Waals surface area contributed by atoms with Crippen LogP contribution in [0.1, 0.15) is 0 Å². The van der Waals surface area contributed by atoms with E-state index < -0.39 is 6.09 Å². The zero-order valence-electron chi connectivity index (χ0n) is 6.20. The van der Waals surface area contributed by atoms with Crippen LogP contribution < -0.4 is 5.32 Å². The maximum atomic E-state index is 10.6. The summed E-state index contributed by atoms with van der Waals surface area (Å²) < 4.78 is 4.40. The van der Waals surface area contributed by atoms with E-state index in [4.69, 9.17) is 0 Å². The molecule has 0 atom stereocenters. The summed E-state index contributed by atoms with van der Waals surface area (Å²) in [5, 5.41) is 2.53. The van der Waals surface area contributed by atoms with E-state index in [9.17, 15) is 4.79 Å². The van der Waals surface area contributed by atoms with Gasteiger partial charge < -0.3 is 4.74 Å². The summed E-state index contributed by atoms with van der Waals surface area (Å²) in [6.45, 7) is 0. The van der Waals surface area contributed by atoms with E-state index in [0.29, 0.717) is 0 Å². The van der Waals surface area contributed by atoms with Crippen LogP contribution in [0.25, 0.3) is 0 Å². The van der Waals surface area contributed by atoms with Gasteiger partial charge in [-0.05, 0) is 12.1 Å². The molecule has 62 valence electrons. The van der Waals surface area contributed by atoms with Crippen LogP contribution in [0.2, 0.25) is 0 Å². The molecule has 0 saturated carbocycles. The van der Waals surface area contributed by atoms with Crippen LogP contribution in [0.15, 0.2) is 30.3 Å². The molecule has 0 aliphatic carbocycles. The Morgan fingerprint density at radius 3 is 2.42 bits per heavy atom. The van der Waals surface area contributed by atoms with Crippen LogP contribution in [0.4, 0.5) is 10.5 Å². The number of ether oxygens (including phenoxy) is 1. The number of carbonyl (C=O) groups is 1. The minimum absolute atomic E-state index is 0. The third-order valence-corrected chi connectivity index (χ3v) is 1.21. The Labute approximate surface area is 112 Å². The van der Waals surface area contributed by atoms with Crippen LogP contribution in [-0.2, 0) is 4.74 Å². The van der Waals surface area contributed by atoms with Gasteiger partial charge in [0.15, 0.2) is 0 Å². The third-order valence-electron chi connectivity index (χ3n) is 1.21. The maximum absolute atomic E-state index is 10.6. The van der Waals surface area contributed by atoms with Crippen molar-refractivity contribution in [3.8, 4) is 0 Å². The Morgan fingerprint density at radius 1 is 1.33 bits per heavy atom. The Kier molecular flexibility index (Phi) is 6.60. The van der Waals surface area contributed by atoms with Crippen molar-refractivity contribution in [3.05, 3.63) is 30.3 Å². The van der Waals surface area contributed by atoms with E-state index in [-0.39, 0.29) is 48.9 Å². The molecule has 0 aliphatic rings. The molecule has 0 heterocycles. The number of hydrogen-bond donors (Lipinski definition) is 1. The first-order chi connectivity index (χ1) is 5.33. The van der Waals surface area contributed by atoms with E-state index in [0.717, 1.165) is 5.69 Å². The first-order valence-corrected chi connectivity index (χ1v) is 3.23. The summed E-state index contributed by atoms with van der Waals surface area (Å²) in [6.07, 6.45) is -0.448. The average Bonchev–Trinajstić information content (AvgIpc) is 2.06. The van der Waals surface area contributed by atoms with Gasteiger partial charge in [0.2, 0.25) is 0 Å². The number of carbonyl (C=O) groups excluding carboxylic acids is 1. The molecule has 0 saturated heterocycles. The number of rotatable bonds is 1.